The van der Waals surface area contributed by atoms with Crippen LogP contribution in [0.4, 0.5) is 4.39 Å². The van der Waals surface area contributed by atoms with E-state index in [-0.39, 0.29) is 11.3 Å². The highest BCUT2D eigenvalue weighted by Crippen LogP contribution is 2.23. The number of ether oxygens (including phenoxy) is 1. The highest BCUT2D eigenvalue weighted by atomic mass is 19.1. The quantitative estimate of drug-likeness (QED) is 0.911. The van der Waals surface area contributed by atoms with Gasteiger partial charge in [0.25, 0.3) is 5.91 Å². The summed E-state index contributed by atoms with van der Waals surface area (Å²) in [6.07, 6.45) is 1.81. The first-order valence-electron chi connectivity index (χ1n) is 6.40. The highest BCUT2D eigenvalue weighted by molar-refractivity contribution is 5.96. The number of carbonyl (C=O) groups is 1. The lowest BCUT2D eigenvalue weighted by Gasteiger charge is -2.27. The molecule has 0 spiro atoms. The van der Waals surface area contributed by atoms with Crippen LogP contribution in [-0.4, -0.2) is 42.7 Å². The highest BCUT2D eigenvalue weighted by Gasteiger charge is 2.23. The Hall–Kier alpha value is -1.62. The Morgan fingerprint density at radius 3 is 2.79 bits per heavy atom. The molecule has 0 aromatic heterocycles. The molecule has 1 N–H and O–H groups in total. The minimum Gasteiger partial charge on any atom is -0.507 e. The van der Waals surface area contributed by atoms with Gasteiger partial charge in [-0.15, -0.1) is 0 Å². The fourth-order valence-electron chi connectivity index (χ4n) is 2.31. The van der Waals surface area contributed by atoms with E-state index in [0.29, 0.717) is 25.7 Å². The second-order valence-electron chi connectivity index (χ2n) is 4.88. The number of carbonyl (C=O) groups excluding carboxylic acids is 1. The van der Waals surface area contributed by atoms with Crippen molar-refractivity contribution in [3.8, 4) is 5.75 Å². The molecule has 19 heavy (non-hydrogen) atoms. The Morgan fingerprint density at radius 2 is 2.16 bits per heavy atom. The van der Waals surface area contributed by atoms with Crippen molar-refractivity contribution in [3.05, 3.63) is 29.6 Å². The summed E-state index contributed by atoms with van der Waals surface area (Å²) in [4.78, 5) is 13.6. The van der Waals surface area contributed by atoms with Crippen LogP contribution >= 0.6 is 0 Å². The van der Waals surface area contributed by atoms with Gasteiger partial charge in [-0.2, -0.15) is 0 Å². The summed E-state index contributed by atoms with van der Waals surface area (Å²) in [6.45, 7) is 1.96. The number of benzene rings is 1. The van der Waals surface area contributed by atoms with Crippen molar-refractivity contribution in [2.75, 3.05) is 26.8 Å². The molecule has 2 rings (SSSR count). The second-order valence-corrected chi connectivity index (χ2v) is 4.88. The molecule has 1 aromatic rings. The first-order valence-corrected chi connectivity index (χ1v) is 6.40. The molecule has 1 heterocycles. The van der Waals surface area contributed by atoms with Gasteiger partial charge in [0.05, 0.1) is 0 Å². The lowest BCUT2D eigenvalue weighted by molar-refractivity contribution is 0.0494. The molecule has 0 saturated carbocycles. The van der Waals surface area contributed by atoms with Gasteiger partial charge < -0.3 is 14.7 Å². The van der Waals surface area contributed by atoms with E-state index in [2.05, 4.69) is 0 Å². The maximum absolute atomic E-state index is 13.6. The molecule has 104 valence electrons. The Balaban J connectivity index is 2.06. The maximum atomic E-state index is 13.6. The van der Waals surface area contributed by atoms with Gasteiger partial charge in [-0.3, -0.25) is 4.79 Å². The van der Waals surface area contributed by atoms with Crippen molar-refractivity contribution in [1.82, 2.24) is 4.90 Å². The van der Waals surface area contributed by atoms with Crippen LogP contribution in [0.1, 0.15) is 23.2 Å². The SMILES string of the molecule is CN(CC1CCOCC1)C(=O)c1c(O)cccc1F. The zero-order valence-electron chi connectivity index (χ0n) is 10.9. The zero-order chi connectivity index (χ0) is 13.8. The minimum atomic E-state index is -0.691. The topological polar surface area (TPSA) is 49.8 Å². The largest absolute Gasteiger partial charge is 0.507 e. The van der Waals surface area contributed by atoms with Gasteiger partial charge in [-0.1, -0.05) is 6.07 Å². The molecule has 1 fully saturated rings. The maximum Gasteiger partial charge on any atom is 0.260 e. The Bertz CT molecular complexity index is 438. The van der Waals surface area contributed by atoms with Crippen molar-refractivity contribution >= 4 is 5.91 Å². The summed E-state index contributed by atoms with van der Waals surface area (Å²) in [7, 11) is 1.63. The number of amides is 1. The monoisotopic (exact) mass is 267 g/mol. The Kier molecular flexibility index (Phi) is 4.37. The van der Waals surface area contributed by atoms with E-state index in [9.17, 15) is 14.3 Å². The molecule has 1 saturated heterocycles. The standard InChI is InChI=1S/C14H18FNO3/c1-16(9-10-5-7-19-8-6-10)14(18)13-11(15)3-2-4-12(13)17/h2-4,10,17H,5-9H2,1H3. The predicted octanol–water partition coefficient (Wildman–Crippen LogP) is 2.03. The lowest BCUT2D eigenvalue weighted by atomic mass is 9.99. The van der Waals surface area contributed by atoms with Gasteiger partial charge in [-0.05, 0) is 30.9 Å². The average Bonchev–Trinajstić information content (AvgIpc) is 2.39. The number of phenolic OH excluding ortho intramolecular Hbond substituents is 1. The number of hydrogen-bond acceptors (Lipinski definition) is 3. The van der Waals surface area contributed by atoms with Gasteiger partial charge in [0.15, 0.2) is 0 Å². The third kappa shape index (κ3) is 3.23. The van der Waals surface area contributed by atoms with Crippen LogP contribution in [0, 0.1) is 11.7 Å². The summed E-state index contributed by atoms with van der Waals surface area (Å²) in [5.41, 5.74) is -0.253. The normalized spacial score (nSPS) is 16.3. The van der Waals surface area contributed by atoms with Crippen LogP contribution in [0.5, 0.6) is 5.75 Å². The van der Waals surface area contributed by atoms with Gasteiger partial charge in [0.2, 0.25) is 0 Å². The number of nitrogens with zero attached hydrogens (tertiary/aromatic N) is 1. The van der Waals surface area contributed by atoms with Crippen molar-refractivity contribution in [2.24, 2.45) is 5.92 Å². The molecule has 0 bridgehead atoms. The van der Waals surface area contributed by atoms with Crippen LogP contribution in [0.25, 0.3) is 0 Å². The first kappa shape index (κ1) is 13.8. The van der Waals surface area contributed by atoms with Crippen molar-refractivity contribution in [1.29, 1.82) is 0 Å². The van der Waals surface area contributed by atoms with Gasteiger partial charge in [0, 0.05) is 26.8 Å². The summed E-state index contributed by atoms with van der Waals surface area (Å²) in [5, 5.41) is 9.61. The van der Waals surface area contributed by atoms with Crippen LogP contribution in [-0.2, 0) is 4.74 Å². The molecule has 5 heteroatoms. The van der Waals surface area contributed by atoms with E-state index in [1.165, 1.54) is 23.1 Å². The third-order valence-corrected chi connectivity index (χ3v) is 3.43. The zero-order valence-corrected chi connectivity index (χ0v) is 10.9. The molecule has 4 nitrogen and oxygen atoms in total. The van der Waals surface area contributed by atoms with E-state index in [1.54, 1.807) is 7.05 Å². The van der Waals surface area contributed by atoms with Gasteiger partial charge in [0.1, 0.15) is 17.1 Å². The number of rotatable bonds is 3. The molecule has 0 radical (unpaired) electrons. The molecular formula is C14H18FNO3. The fourth-order valence-corrected chi connectivity index (χ4v) is 2.31. The first-order chi connectivity index (χ1) is 9.09. The lowest BCUT2D eigenvalue weighted by Crippen LogP contribution is -2.34. The van der Waals surface area contributed by atoms with Gasteiger partial charge in [-0.25, -0.2) is 4.39 Å². The van der Waals surface area contributed by atoms with Crippen LogP contribution in [0.2, 0.25) is 0 Å². The molecule has 0 atom stereocenters. The van der Waals surface area contributed by atoms with E-state index in [1.807, 2.05) is 0 Å². The third-order valence-electron chi connectivity index (χ3n) is 3.43. The van der Waals surface area contributed by atoms with E-state index in [4.69, 9.17) is 4.74 Å². The molecular weight excluding hydrogens is 249 g/mol. The van der Waals surface area contributed by atoms with E-state index in [0.717, 1.165) is 12.8 Å². The van der Waals surface area contributed by atoms with E-state index >= 15 is 0 Å². The second kappa shape index (κ2) is 6.02. The summed E-state index contributed by atoms with van der Waals surface area (Å²) in [6, 6.07) is 3.87. The number of aromatic hydroxyl groups is 1. The summed E-state index contributed by atoms with van der Waals surface area (Å²) in [5.74, 6) is -1.12. The molecule has 1 aliphatic rings. The van der Waals surface area contributed by atoms with Gasteiger partial charge >= 0.3 is 0 Å². The number of phenols is 1. The Labute approximate surface area is 111 Å². The number of halogens is 1. The molecule has 1 amide bonds. The Morgan fingerprint density at radius 1 is 1.47 bits per heavy atom. The smallest absolute Gasteiger partial charge is 0.260 e. The molecule has 0 unspecified atom stereocenters. The van der Waals surface area contributed by atoms with Crippen LogP contribution < -0.4 is 0 Å². The van der Waals surface area contributed by atoms with Crippen LogP contribution in [0.15, 0.2) is 18.2 Å². The fraction of sp³-hybridized carbons (Fsp3) is 0.500. The van der Waals surface area contributed by atoms with Crippen molar-refractivity contribution < 1.29 is 19.0 Å². The van der Waals surface area contributed by atoms with Crippen molar-refractivity contribution in [3.63, 3.8) is 0 Å². The summed E-state index contributed by atoms with van der Waals surface area (Å²) >= 11 is 0. The number of hydrogen-bond donors (Lipinski definition) is 1. The van der Waals surface area contributed by atoms with Crippen molar-refractivity contribution in [2.45, 2.75) is 12.8 Å². The molecule has 0 aliphatic carbocycles. The average molecular weight is 267 g/mol. The van der Waals surface area contributed by atoms with Crippen LogP contribution in [0.3, 0.4) is 0 Å². The molecule has 1 aliphatic heterocycles. The summed E-state index contributed by atoms with van der Waals surface area (Å²) < 4.78 is 18.9. The predicted molar refractivity (Wildman–Crippen MR) is 68.6 cm³/mol. The minimum absolute atomic E-state index is 0.253. The van der Waals surface area contributed by atoms with E-state index < -0.39 is 11.7 Å². The molecule has 1 aromatic carbocycles.